The van der Waals surface area contributed by atoms with Gasteiger partial charge >= 0.3 is 0 Å². The predicted octanol–water partition coefficient (Wildman–Crippen LogP) is 2.10. The Hall–Kier alpha value is -2.76. The molecule has 6 nitrogen and oxygen atoms in total. The standard InChI is InChI=1S/C19H22N4O2/c1-12-10-21-13(2)17(22-12)14-5-3-6-15(9-14)19(25)23-8-4-7-16(11-23)18(20)24/h3,5-6,9-10,16H,4,7-8,11H2,1-2H3,(H2,20,24)/t16-/m0/s1. The molecule has 2 N–H and O–H groups in total. The van der Waals surface area contributed by atoms with Crippen molar-refractivity contribution in [1.82, 2.24) is 14.9 Å². The van der Waals surface area contributed by atoms with Crippen molar-refractivity contribution in [2.45, 2.75) is 26.7 Å². The average molecular weight is 338 g/mol. The van der Waals surface area contributed by atoms with Crippen molar-refractivity contribution >= 4 is 11.8 Å². The van der Waals surface area contributed by atoms with Gasteiger partial charge in [0.25, 0.3) is 5.91 Å². The Morgan fingerprint density at radius 3 is 2.84 bits per heavy atom. The van der Waals surface area contributed by atoms with Gasteiger partial charge in [0.1, 0.15) is 0 Å². The highest BCUT2D eigenvalue weighted by Gasteiger charge is 2.27. The van der Waals surface area contributed by atoms with E-state index in [1.807, 2.05) is 32.0 Å². The van der Waals surface area contributed by atoms with Crippen molar-refractivity contribution in [2.24, 2.45) is 11.7 Å². The summed E-state index contributed by atoms with van der Waals surface area (Å²) in [6.07, 6.45) is 3.27. The summed E-state index contributed by atoms with van der Waals surface area (Å²) in [7, 11) is 0. The Morgan fingerprint density at radius 1 is 1.28 bits per heavy atom. The van der Waals surface area contributed by atoms with Gasteiger partial charge in [0.15, 0.2) is 0 Å². The minimum atomic E-state index is -0.336. The van der Waals surface area contributed by atoms with Crippen molar-refractivity contribution in [2.75, 3.05) is 13.1 Å². The molecule has 1 atom stereocenters. The number of nitrogens with two attached hydrogens (primary N) is 1. The van der Waals surface area contributed by atoms with Crippen LogP contribution in [0.2, 0.25) is 0 Å². The van der Waals surface area contributed by atoms with Crippen LogP contribution in [0.4, 0.5) is 0 Å². The third-order valence-corrected chi connectivity index (χ3v) is 4.57. The molecule has 0 radical (unpaired) electrons. The lowest BCUT2D eigenvalue weighted by Gasteiger charge is -2.31. The number of aromatic nitrogens is 2. The molecule has 0 saturated carbocycles. The molecule has 2 aromatic rings. The lowest BCUT2D eigenvalue weighted by molar-refractivity contribution is -0.123. The van der Waals surface area contributed by atoms with Gasteiger partial charge in [-0.15, -0.1) is 0 Å². The first-order chi connectivity index (χ1) is 12.0. The number of benzene rings is 1. The number of aryl methyl sites for hydroxylation is 2. The number of hydrogen-bond donors (Lipinski definition) is 1. The normalized spacial score (nSPS) is 17.4. The van der Waals surface area contributed by atoms with Crippen molar-refractivity contribution in [3.05, 3.63) is 47.4 Å². The molecule has 25 heavy (non-hydrogen) atoms. The van der Waals surface area contributed by atoms with E-state index in [9.17, 15) is 9.59 Å². The van der Waals surface area contributed by atoms with Crippen LogP contribution in [-0.2, 0) is 4.79 Å². The molecule has 1 aliphatic rings. The molecular formula is C19H22N4O2. The van der Waals surface area contributed by atoms with Crippen LogP contribution in [0, 0.1) is 19.8 Å². The summed E-state index contributed by atoms with van der Waals surface area (Å²) in [6, 6.07) is 7.40. The van der Waals surface area contributed by atoms with E-state index < -0.39 is 0 Å². The van der Waals surface area contributed by atoms with Crippen molar-refractivity contribution in [3.8, 4) is 11.3 Å². The Labute approximate surface area is 147 Å². The van der Waals surface area contributed by atoms with Gasteiger partial charge in [0, 0.05) is 30.4 Å². The molecular weight excluding hydrogens is 316 g/mol. The van der Waals surface area contributed by atoms with E-state index in [4.69, 9.17) is 5.73 Å². The highest BCUT2D eigenvalue weighted by atomic mass is 16.2. The number of likely N-dealkylation sites (tertiary alicyclic amines) is 1. The number of piperidine rings is 1. The second-order valence-corrected chi connectivity index (χ2v) is 6.52. The Morgan fingerprint density at radius 2 is 2.08 bits per heavy atom. The molecule has 0 spiro atoms. The van der Waals surface area contributed by atoms with E-state index in [0.717, 1.165) is 35.5 Å². The highest BCUT2D eigenvalue weighted by Crippen LogP contribution is 2.23. The zero-order valence-electron chi connectivity index (χ0n) is 14.5. The van der Waals surface area contributed by atoms with Gasteiger partial charge in [-0.05, 0) is 38.8 Å². The minimum Gasteiger partial charge on any atom is -0.369 e. The van der Waals surface area contributed by atoms with E-state index in [1.54, 1.807) is 17.2 Å². The Balaban J connectivity index is 1.87. The molecule has 0 unspecified atom stereocenters. The molecule has 1 fully saturated rings. The minimum absolute atomic E-state index is 0.0777. The summed E-state index contributed by atoms with van der Waals surface area (Å²) in [6.45, 7) is 4.83. The molecule has 6 heteroatoms. The predicted molar refractivity (Wildman–Crippen MR) is 94.8 cm³/mol. The zero-order valence-corrected chi connectivity index (χ0v) is 14.5. The fraction of sp³-hybridized carbons (Fsp3) is 0.368. The van der Waals surface area contributed by atoms with E-state index >= 15 is 0 Å². The number of carbonyl (C=O) groups excluding carboxylic acids is 2. The third-order valence-electron chi connectivity index (χ3n) is 4.57. The summed E-state index contributed by atoms with van der Waals surface area (Å²) < 4.78 is 0. The molecule has 1 aromatic carbocycles. The number of hydrogen-bond acceptors (Lipinski definition) is 4. The lowest BCUT2D eigenvalue weighted by atomic mass is 9.96. The molecule has 1 aromatic heterocycles. The van der Waals surface area contributed by atoms with Gasteiger partial charge < -0.3 is 10.6 Å². The summed E-state index contributed by atoms with van der Waals surface area (Å²) in [4.78, 5) is 34.9. The number of carbonyl (C=O) groups is 2. The van der Waals surface area contributed by atoms with Crippen molar-refractivity contribution in [3.63, 3.8) is 0 Å². The Kier molecular flexibility index (Phi) is 4.79. The summed E-state index contributed by atoms with van der Waals surface area (Å²) in [5.41, 5.74) is 9.29. The third kappa shape index (κ3) is 3.68. The van der Waals surface area contributed by atoms with Crippen LogP contribution in [0.3, 0.4) is 0 Å². The van der Waals surface area contributed by atoms with E-state index in [-0.39, 0.29) is 17.7 Å². The highest BCUT2D eigenvalue weighted by molar-refractivity contribution is 5.95. The van der Waals surface area contributed by atoms with Gasteiger partial charge in [-0.1, -0.05) is 12.1 Å². The maximum absolute atomic E-state index is 12.8. The fourth-order valence-electron chi connectivity index (χ4n) is 3.19. The average Bonchev–Trinajstić information content (AvgIpc) is 2.63. The summed E-state index contributed by atoms with van der Waals surface area (Å²) in [5.74, 6) is -0.672. The Bertz CT molecular complexity index is 819. The van der Waals surface area contributed by atoms with Crippen LogP contribution < -0.4 is 5.73 Å². The molecule has 130 valence electrons. The van der Waals surface area contributed by atoms with Crippen molar-refractivity contribution in [1.29, 1.82) is 0 Å². The van der Waals surface area contributed by atoms with Gasteiger partial charge in [0.2, 0.25) is 5.91 Å². The second kappa shape index (κ2) is 7.01. The van der Waals surface area contributed by atoms with Crippen LogP contribution in [-0.4, -0.2) is 39.8 Å². The summed E-state index contributed by atoms with van der Waals surface area (Å²) >= 11 is 0. The zero-order chi connectivity index (χ0) is 18.0. The van der Waals surface area contributed by atoms with E-state index in [0.29, 0.717) is 18.7 Å². The van der Waals surface area contributed by atoms with Crippen LogP contribution in [0.5, 0.6) is 0 Å². The molecule has 0 aliphatic carbocycles. The SMILES string of the molecule is Cc1cnc(C)c(-c2cccc(C(=O)N3CCC[C@H](C(N)=O)C3)c2)n1. The van der Waals surface area contributed by atoms with Crippen LogP contribution in [0.1, 0.15) is 34.6 Å². The smallest absolute Gasteiger partial charge is 0.253 e. The second-order valence-electron chi connectivity index (χ2n) is 6.52. The van der Waals surface area contributed by atoms with Gasteiger partial charge in [0.05, 0.1) is 23.0 Å². The molecule has 2 heterocycles. The monoisotopic (exact) mass is 338 g/mol. The van der Waals surface area contributed by atoms with E-state index in [1.165, 1.54) is 0 Å². The van der Waals surface area contributed by atoms with E-state index in [2.05, 4.69) is 9.97 Å². The van der Waals surface area contributed by atoms with Crippen LogP contribution in [0.25, 0.3) is 11.3 Å². The lowest BCUT2D eigenvalue weighted by Crippen LogP contribution is -2.44. The maximum atomic E-state index is 12.8. The largest absolute Gasteiger partial charge is 0.369 e. The first-order valence-corrected chi connectivity index (χ1v) is 8.45. The quantitative estimate of drug-likeness (QED) is 0.928. The van der Waals surface area contributed by atoms with Crippen LogP contribution in [0.15, 0.2) is 30.5 Å². The topological polar surface area (TPSA) is 89.2 Å². The molecule has 0 bridgehead atoms. The fourth-order valence-corrected chi connectivity index (χ4v) is 3.19. The number of rotatable bonds is 3. The summed E-state index contributed by atoms with van der Waals surface area (Å²) in [5, 5.41) is 0. The van der Waals surface area contributed by atoms with Gasteiger partial charge in [-0.25, -0.2) is 4.98 Å². The first kappa shape index (κ1) is 17.1. The molecule has 2 amide bonds. The van der Waals surface area contributed by atoms with Crippen molar-refractivity contribution < 1.29 is 9.59 Å². The number of amides is 2. The molecule has 1 aliphatic heterocycles. The molecule has 3 rings (SSSR count). The van der Waals surface area contributed by atoms with Gasteiger partial charge in [-0.2, -0.15) is 0 Å². The molecule has 1 saturated heterocycles. The van der Waals surface area contributed by atoms with Gasteiger partial charge in [-0.3, -0.25) is 14.6 Å². The van der Waals surface area contributed by atoms with Crippen LogP contribution >= 0.6 is 0 Å². The first-order valence-electron chi connectivity index (χ1n) is 8.45. The number of nitrogens with zero attached hydrogens (tertiary/aromatic N) is 3. The maximum Gasteiger partial charge on any atom is 0.253 e. The number of primary amides is 1.